The Balaban J connectivity index is 3.25. The van der Waals surface area contributed by atoms with Crippen LogP contribution in [0.2, 0.25) is 0 Å². The fourth-order valence-electron chi connectivity index (χ4n) is 0.415. The van der Waals surface area contributed by atoms with Crippen molar-refractivity contribution in [1.29, 1.82) is 0 Å². The van der Waals surface area contributed by atoms with E-state index in [0.29, 0.717) is 0 Å². The van der Waals surface area contributed by atoms with Crippen LogP contribution in [0.15, 0.2) is 0 Å². The molecule has 1 radical (unpaired) electrons. The van der Waals surface area contributed by atoms with E-state index in [1.807, 2.05) is 0 Å². The van der Waals surface area contributed by atoms with Gasteiger partial charge in [-0.2, -0.15) is 0 Å². The van der Waals surface area contributed by atoms with Gasteiger partial charge in [-0.05, 0) is 6.92 Å². The van der Waals surface area contributed by atoms with Gasteiger partial charge in [-0.3, -0.25) is 0 Å². The van der Waals surface area contributed by atoms with Crippen molar-refractivity contribution < 1.29 is 28.5 Å². The van der Waals surface area contributed by atoms with Crippen LogP contribution in [0.4, 0.5) is 9.59 Å². The van der Waals surface area contributed by atoms with Crippen molar-refractivity contribution in [1.82, 2.24) is 0 Å². The van der Waals surface area contributed by atoms with Crippen LogP contribution in [0.25, 0.3) is 0 Å². The first kappa shape index (κ1) is 11.5. The van der Waals surface area contributed by atoms with Crippen LogP contribution < -0.4 is 0 Å². The molecule has 0 aliphatic heterocycles. The molecule has 0 unspecified atom stereocenters. The molecule has 0 saturated carbocycles. The zero-order chi connectivity index (χ0) is 10.1. The third-order valence-electron chi connectivity index (χ3n) is 0.878. The highest BCUT2D eigenvalue weighted by molar-refractivity contribution is 5.61. The highest BCUT2D eigenvalue weighted by Crippen LogP contribution is 1.91. The molecule has 6 nitrogen and oxygen atoms in total. The predicted molar refractivity (Wildman–Crippen MR) is 40.8 cm³/mol. The van der Waals surface area contributed by atoms with E-state index in [2.05, 4.69) is 18.9 Å². The highest BCUT2D eigenvalue weighted by Gasteiger charge is 2.04. The highest BCUT2D eigenvalue weighted by atomic mass is 16.7. The summed E-state index contributed by atoms with van der Waals surface area (Å²) < 4.78 is 17.3. The Hall–Kier alpha value is -1.46. The van der Waals surface area contributed by atoms with E-state index >= 15 is 0 Å². The number of carbonyl (C=O) groups is 2. The zero-order valence-corrected chi connectivity index (χ0v) is 7.44. The van der Waals surface area contributed by atoms with E-state index in [4.69, 9.17) is 0 Å². The predicted octanol–water partition coefficient (Wildman–Crippen LogP) is 1.10. The number of ether oxygens (including phenoxy) is 4. The molecule has 0 atom stereocenters. The minimum Gasteiger partial charge on any atom is -0.438 e. The molecule has 0 amide bonds. The third-order valence-corrected chi connectivity index (χ3v) is 0.878. The molecular weight excluding hydrogens is 180 g/mol. The minimum atomic E-state index is -0.844. The lowest BCUT2D eigenvalue weighted by Gasteiger charge is -2.03. The van der Waals surface area contributed by atoms with Gasteiger partial charge in [0.15, 0.2) is 6.61 Å². The number of methoxy groups -OCH3 is 1. The molecule has 0 saturated heterocycles. The summed E-state index contributed by atoms with van der Waals surface area (Å²) in [7, 11) is 1.18. The Morgan fingerprint density at radius 1 is 1.23 bits per heavy atom. The molecular formula is C7H11O6. The maximum Gasteiger partial charge on any atom is 0.508 e. The summed E-state index contributed by atoms with van der Waals surface area (Å²) in [5.74, 6) is 0. The van der Waals surface area contributed by atoms with Crippen molar-refractivity contribution in [3.05, 3.63) is 6.61 Å². The molecule has 0 aromatic carbocycles. The van der Waals surface area contributed by atoms with Gasteiger partial charge in [-0.15, -0.1) is 0 Å². The summed E-state index contributed by atoms with van der Waals surface area (Å²) in [5.41, 5.74) is 0. The summed E-state index contributed by atoms with van der Waals surface area (Å²) in [6.45, 7) is 2.69. The largest absolute Gasteiger partial charge is 0.508 e. The summed E-state index contributed by atoms with van der Waals surface area (Å²) in [6, 6.07) is 0. The second-order valence-corrected chi connectivity index (χ2v) is 1.73. The molecule has 6 heteroatoms. The van der Waals surface area contributed by atoms with Crippen molar-refractivity contribution in [2.24, 2.45) is 0 Å². The molecule has 0 aliphatic carbocycles. The SMILES string of the molecule is CCOC(=O)O[CH]COC(=O)OC. The van der Waals surface area contributed by atoms with Gasteiger partial charge in [0.05, 0.1) is 13.7 Å². The first-order chi connectivity index (χ1) is 6.20. The van der Waals surface area contributed by atoms with E-state index in [-0.39, 0.29) is 13.2 Å². The van der Waals surface area contributed by atoms with Gasteiger partial charge < -0.3 is 18.9 Å². The second-order valence-electron chi connectivity index (χ2n) is 1.73. The van der Waals surface area contributed by atoms with Crippen LogP contribution in [0.5, 0.6) is 0 Å². The lowest BCUT2D eigenvalue weighted by atomic mass is 10.8. The van der Waals surface area contributed by atoms with Crippen molar-refractivity contribution in [2.75, 3.05) is 20.3 Å². The Morgan fingerprint density at radius 3 is 2.46 bits per heavy atom. The molecule has 0 aromatic rings. The Bertz CT molecular complexity index is 166. The quantitative estimate of drug-likeness (QED) is 0.489. The van der Waals surface area contributed by atoms with E-state index in [1.54, 1.807) is 6.92 Å². The van der Waals surface area contributed by atoms with E-state index in [0.717, 1.165) is 6.61 Å². The summed E-state index contributed by atoms with van der Waals surface area (Å²) in [5, 5.41) is 0. The lowest BCUT2D eigenvalue weighted by molar-refractivity contribution is 0.0473. The van der Waals surface area contributed by atoms with Gasteiger partial charge in [0, 0.05) is 0 Å². The molecule has 0 rings (SSSR count). The average molecular weight is 191 g/mol. The van der Waals surface area contributed by atoms with E-state index < -0.39 is 12.3 Å². The van der Waals surface area contributed by atoms with Crippen molar-refractivity contribution in [2.45, 2.75) is 6.92 Å². The van der Waals surface area contributed by atoms with Gasteiger partial charge in [0.1, 0.15) is 6.61 Å². The van der Waals surface area contributed by atoms with Crippen molar-refractivity contribution >= 4 is 12.3 Å². The zero-order valence-electron chi connectivity index (χ0n) is 7.44. The molecule has 75 valence electrons. The normalized spacial score (nSPS) is 8.77. The average Bonchev–Trinajstić information content (AvgIpc) is 2.12. The Morgan fingerprint density at radius 2 is 1.92 bits per heavy atom. The molecule has 0 bridgehead atoms. The molecule has 13 heavy (non-hydrogen) atoms. The maximum atomic E-state index is 10.5. The molecule has 0 heterocycles. The van der Waals surface area contributed by atoms with Crippen LogP contribution in [0.1, 0.15) is 6.92 Å². The fraction of sp³-hybridized carbons (Fsp3) is 0.571. The number of hydrogen-bond donors (Lipinski definition) is 0. The van der Waals surface area contributed by atoms with Crippen LogP contribution in [0, 0.1) is 6.61 Å². The van der Waals surface area contributed by atoms with Gasteiger partial charge in [0.2, 0.25) is 0 Å². The third kappa shape index (κ3) is 6.92. The summed E-state index contributed by atoms with van der Waals surface area (Å²) >= 11 is 0. The molecule has 0 aliphatic rings. The van der Waals surface area contributed by atoms with Crippen molar-refractivity contribution in [3.8, 4) is 0 Å². The standard InChI is InChI=1S/C7H11O6/c1-3-11-7(9)13-5-4-12-6(8)10-2/h5H,3-4H2,1-2H3. The number of hydrogen-bond acceptors (Lipinski definition) is 6. The fourth-order valence-corrected chi connectivity index (χ4v) is 0.415. The first-order valence-corrected chi connectivity index (χ1v) is 3.56. The van der Waals surface area contributed by atoms with E-state index in [9.17, 15) is 9.59 Å². The number of carbonyl (C=O) groups excluding carboxylic acids is 2. The maximum absolute atomic E-state index is 10.5. The van der Waals surface area contributed by atoms with Crippen LogP contribution in [-0.2, 0) is 18.9 Å². The molecule has 0 spiro atoms. The van der Waals surface area contributed by atoms with Crippen LogP contribution >= 0.6 is 0 Å². The summed E-state index contributed by atoms with van der Waals surface area (Å²) in [6.07, 6.45) is -1.68. The first-order valence-electron chi connectivity index (χ1n) is 3.56. The van der Waals surface area contributed by atoms with Crippen LogP contribution in [-0.4, -0.2) is 32.6 Å². The van der Waals surface area contributed by atoms with Crippen LogP contribution in [0.3, 0.4) is 0 Å². The molecule has 0 N–H and O–H groups in total. The summed E-state index contributed by atoms with van der Waals surface area (Å²) in [4.78, 5) is 20.9. The lowest BCUT2D eigenvalue weighted by Crippen LogP contribution is -2.10. The number of rotatable bonds is 4. The van der Waals surface area contributed by atoms with Gasteiger partial charge >= 0.3 is 12.3 Å². The topological polar surface area (TPSA) is 71.1 Å². The molecule has 0 aromatic heterocycles. The van der Waals surface area contributed by atoms with Gasteiger partial charge in [-0.1, -0.05) is 0 Å². The van der Waals surface area contributed by atoms with Gasteiger partial charge in [-0.25, -0.2) is 9.59 Å². The Kier molecular flexibility index (Phi) is 6.39. The Labute approximate surface area is 75.7 Å². The molecule has 0 fully saturated rings. The monoisotopic (exact) mass is 191 g/mol. The minimum absolute atomic E-state index is 0.175. The van der Waals surface area contributed by atoms with Crippen molar-refractivity contribution in [3.63, 3.8) is 0 Å². The smallest absolute Gasteiger partial charge is 0.438 e. The second kappa shape index (κ2) is 7.20. The van der Waals surface area contributed by atoms with Gasteiger partial charge in [0.25, 0.3) is 0 Å². The van der Waals surface area contributed by atoms with E-state index in [1.165, 1.54) is 7.11 Å².